The van der Waals surface area contributed by atoms with Crippen molar-refractivity contribution in [3.8, 4) is 17.5 Å². The lowest BCUT2D eigenvalue weighted by atomic mass is 10.0. The molecule has 1 aliphatic rings. The van der Waals surface area contributed by atoms with Gasteiger partial charge in [-0.2, -0.15) is 10.4 Å². The zero-order valence-electron chi connectivity index (χ0n) is 14.5. The molecule has 27 heavy (non-hydrogen) atoms. The minimum Gasteiger partial charge on any atom is -0.465 e. The van der Waals surface area contributed by atoms with E-state index in [9.17, 15) is 15.2 Å². The molecule has 1 unspecified atom stereocenters. The molecule has 138 valence electrons. The van der Waals surface area contributed by atoms with E-state index in [2.05, 4.69) is 21.5 Å². The molecule has 9 nitrogen and oxygen atoms in total. The second kappa shape index (κ2) is 6.99. The number of hydrogen-bond donors (Lipinski definition) is 2. The van der Waals surface area contributed by atoms with Crippen LogP contribution in [0.3, 0.4) is 0 Å². The van der Waals surface area contributed by atoms with Crippen molar-refractivity contribution in [2.45, 2.75) is 25.3 Å². The number of likely N-dealkylation sites (tertiary alicyclic amines) is 1. The molecule has 0 radical (unpaired) electrons. The van der Waals surface area contributed by atoms with Gasteiger partial charge in [0.25, 0.3) is 0 Å². The van der Waals surface area contributed by atoms with E-state index in [4.69, 9.17) is 4.42 Å². The van der Waals surface area contributed by atoms with Gasteiger partial charge in [0.15, 0.2) is 11.4 Å². The third kappa shape index (κ3) is 3.17. The van der Waals surface area contributed by atoms with E-state index in [1.165, 1.54) is 15.7 Å². The predicted octanol–water partition coefficient (Wildman–Crippen LogP) is 2.81. The first-order valence-electron chi connectivity index (χ1n) is 8.74. The summed E-state index contributed by atoms with van der Waals surface area (Å²) in [7, 11) is 0. The van der Waals surface area contributed by atoms with Crippen LogP contribution in [0.2, 0.25) is 0 Å². The van der Waals surface area contributed by atoms with Crippen molar-refractivity contribution in [1.29, 1.82) is 5.26 Å². The number of fused-ring (bicyclic) bond motifs is 1. The largest absolute Gasteiger partial charge is 0.465 e. The van der Waals surface area contributed by atoms with Crippen LogP contribution in [-0.2, 0) is 0 Å². The normalized spacial score (nSPS) is 17.0. The molecule has 3 aromatic heterocycles. The number of nitrogens with zero attached hydrogens (tertiary/aromatic N) is 5. The van der Waals surface area contributed by atoms with Crippen LogP contribution < -0.4 is 5.32 Å². The molecular formula is C18H18N6O3. The molecule has 0 bridgehead atoms. The Morgan fingerprint density at radius 2 is 2.33 bits per heavy atom. The Kier molecular flexibility index (Phi) is 4.38. The molecule has 4 heterocycles. The van der Waals surface area contributed by atoms with Gasteiger partial charge in [-0.1, -0.05) is 0 Å². The van der Waals surface area contributed by atoms with Gasteiger partial charge >= 0.3 is 6.09 Å². The summed E-state index contributed by atoms with van der Waals surface area (Å²) >= 11 is 0. The van der Waals surface area contributed by atoms with Crippen LogP contribution in [0.25, 0.3) is 17.1 Å². The Labute approximate surface area is 154 Å². The molecule has 1 aliphatic heterocycles. The molecule has 3 aromatic rings. The van der Waals surface area contributed by atoms with Gasteiger partial charge in [-0.25, -0.2) is 14.3 Å². The van der Waals surface area contributed by atoms with Crippen molar-refractivity contribution in [2.75, 3.05) is 18.4 Å². The first-order chi connectivity index (χ1) is 13.2. The fraction of sp³-hybridized carbons (Fsp3) is 0.333. The Bertz CT molecular complexity index is 1000. The van der Waals surface area contributed by atoms with E-state index in [1.54, 1.807) is 24.4 Å². The molecule has 0 saturated carbocycles. The number of aromatic nitrogens is 3. The van der Waals surface area contributed by atoms with Crippen molar-refractivity contribution in [1.82, 2.24) is 19.5 Å². The van der Waals surface area contributed by atoms with Gasteiger partial charge in [-0.05, 0) is 37.5 Å². The zero-order chi connectivity index (χ0) is 18.8. The third-order valence-electron chi connectivity index (χ3n) is 4.74. The van der Waals surface area contributed by atoms with Gasteiger partial charge < -0.3 is 19.7 Å². The molecule has 4 rings (SSSR count). The maximum atomic E-state index is 11.4. The first kappa shape index (κ1) is 16.9. The summed E-state index contributed by atoms with van der Waals surface area (Å²) in [5.41, 5.74) is 1.20. The molecule has 1 atom stereocenters. The molecule has 0 aliphatic carbocycles. The second-order valence-electron chi connectivity index (χ2n) is 6.40. The Balaban J connectivity index is 1.58. The number of furan rings is 1. The fourth-order valence-electron chi connectivity index (χ4n) is 3.40. The molecule has 9 heteroatoms. The number of amides is 1. The Morgan fingerprint density at radius 1 is 1.44 bits per heavy atom. The van der Waals surface area contributed by atoms with Crippen LogP contribution in [0.1, 0.15) is 24.8 Å². The highest BCUT2D eigenvalue weighted by molar-refractivity contribution is 5.73. The van der Waals surface area contributed by atoms with Gasteiger partial charge in [-0.15, -0.1) is 0 Å². The Hall–Kier alpha value is -3.54. The lowest BCUT2D eigenvalue weighted by molar-refractivity contribution is 0.110. The van der Waals surface area contributed by atoms with Crippen molar-refractivity contribution in [3.63, 3.8) is 0 Å². The number of carboxylic acid groups (broad SMARTS) is 1. The summed E-state index contributed by atoms with van der Waals surface area (Å²) in [6, 6.07) is 7.28. The van der Waals surface area contributed by atoms with E-state index >= 15 is 0 Å². The second-order valence-corrected chi connectivity index (χ2v) is 6.40. The van der Waals surface area contributed by atoms with Crippen LogP contribution in [0.5, 0.6) is 0 Å². The number of nitrogens with one attached hydrogen (secondary N) is 1. The minimum absolute atomic E-state index is 0.0895. The van der Waals surface area contributed by atoms with Gasteiger partial charge in [-0.3, -0.25) is 0 Å². The van der Waals surface area contributed by atoms with Crippen molar-refractivity contribution >= 4 is 17.6 Å². The van der Waals surface area contributed by atoms with E-state index in [-0.39, 0.29) is 6.04 Å². The third-order valence-corrected chi connectivity index (χ3v) is 4.74. The number of rotatable bonds is 4. The quantitative estimate of drug-likeness (QED) is 0.728. The smallest absolute Gasteiger partial charge is 0.407 e. The van der Waals surface area contributed by atoms with Crippen molar-refractivity contribution in [3.05, 3.63) is 36.2 Å². The van der Waals surface area contributed by atoms with Crippen LogP contribution in [0.4, 0.5) is 10.6 Å². The fourth-order valence-corrected chi connectivity index (χ4v) is 3.40. The van der Waals surface area contributed by atoms with Gasteiger partial charge in [0.1, 0.15) is 23.1 Å². The van der Waals surface area contributed by atoms with E-state index in [0.29, 0.717) is 41.6 Å². The summed E-state index contributed by atoms with van der Waals surface area (Å²) in [6.07, 6.45) is 5.07. The van der Waals surface area contributed by atoms with Crippen LogP contribution in [-0.4, -0.2) is 49.8 Å². The topological polar surface area (TPSA) is 120 Å². The average Bonchev–Trinajstić information content (AvgIpc) is 3.33. The minimum atomic E-state index is -0.893. The highest BCUT2D eigenvalue weighted by Gasteiger charge is 2.26. The summed E-state index contributed by atoms with van der Waals surface area (Å²) in [5, 5.41) is 26.5. The molecule has 0 spiro atoms. The molecular weight excluding hydrogens is 348 g/mol. The summed E-state index contributed by atoms with van der Waals surface area (Å²) < 4.78 is 6.88. The first-order valence-corrected chi connectivity index (χ1v) is 8.74. The summed E-state index contributed by atoms with van der Waals surface area (Å²) in [4.78, 5) is 17.3. The van der Waals surface area contributed by atoms with Crippen LogP contribution in [0, 0.1) is 11.3 Å². The number of nitriles is 1. The monoisotopic (exact) mass is 366 g/mol. The standard InChI is InChI=1S/C18H18N6O3/c19-10-13-16(14-5-3-9-27-14)22-24-8-6-15(21-17(13)24)20-11-12-4-1-2-7-23(12)18(25)26/h3,5-6,8-9,12H,1-2,4,7,11H2,(H,20,21)(H,25,26). The lowest BCUT2D eigenvalue weighted by Gasteiger charge is -2.33. The van der Waals surface area contributed by atoms with Crippen molar-refractivity contribution < 1.29 is 14.3 Å². The number of hydrogen-bond acceptors (Lipinski definition) is 6. The SMILES string of the molecule is N#Cc1c(-c2ccco2)nn2ccc(NCC3CCCCN3C(=O)O)nc12. The van der Waals surface area contributed by atoms with E-state index < -0.39 is 6.09 Å². The number of anilines is 1. The predicted molar refractivity (Wildman–Crippen MR) is 96.3 cm³/mol. The maximum Gasteiger partial charge on any atom is 0.407 e. The molecule has 0 aromatic carbocycles. The molecule has 1 amide bonds. The van der Waals surface area contributed by atoms with Crippen molar-refractivity contribution in [2.24, 2.45) is 0 Å². The number of piperidine rings is 1. The highest BCUT2D eigenvalue weighted by Crippen LogP contribution is 2.26. The van der Waals surface area contributed by atoms with Gasteiger partial charge in [0.2, 0.25) is 0 Å². The van der Waals surface area contributed by atoms with Gasteiger partial charge in [0.05, 0.1) is 12.3 Å². The average molecular weight is 366 g/mol. The lowest BCUT2D eigenvalue weighted by Crippen LogP contribution is -2.46. The van der Waals surface area contributed by atoms with E-state index in [0.717, 1.165) is 19.3 Å². The van der Waals surface area contributed by atoms with Gasteiger partial charge in [0, 0.05) is 19.3 Å². The maximum absolute atomic E-state index is 11.4. The molecule has 2 N–H and O–H groups in total. The summed E-state index contributed by atoms with van der Waals surface area (Å²) in [5.74, 6) is 1.08. The molecule has 1 saturated heterocycles. The van der Waals surface area contributed by atoms with E-state index in [1.807, 2.05) is 0 Å². The van der Waals surface area contributed by atoms with Crippen LogP contribution in [0.15, 0.2) is 35.1 Å². The Morgan fingerprint density at radius 3 is 3.07 bits per heavy atom. The van der Waals surface area contributed by atoms with Crippen LogP contribution >= 0.6 is 0 Å². The highest BCUT2D eigenvalue weighted by atomic mass is 16.4. The molecule has 1 fully saturated rings. The number of carbonyl (C=O) groups is 1. The zero-order valence-corrected chi connectivity index (χ0v) is 14.5. The summed E-state index contributed by atoms with van der Waals surface area (Å²) in [6.45, 7) is 1.03.